The summed E-state index contributed by atoms with van der Waals surface area (Å²) >= 11 is 0. The van der Waals surface area contributed by atoms with E-state index < -0.39 is 0 Å². The number of aliphatic imine (C=N–C) groups is 1. The van der Waals surface area contributed by atoms with Gasteiger partial charge in [0.15, 0.2) is 5.96 Å². The number of hydrogen-bond donors (Lipinski definition) is 2. The number of nitrogens with zero attached hydrogens (tertiary/aromatic N) is 4. The normalized spacial score (nSPS) is 21.2. The van der Waals surface area contributed by atoms with Crippen LogP contribution in [0.3, 0.4) is 0 Å². The molecular weight excluding hydrogens is 360 g/mol. The Morgan fingerprint density at radius 3 is 2.45 bits per heavy atom. The van der Waals surface area contributed by atoms with Gasteiger partial charge < -0.3 is 20.4 Å². The average molecular weight is 401 g/mol. The van der Waals surface area contributed by atoms with Crippen LogP contribution in [0.25, 0.3) is 0 Å². The minimum absolute atomic E-state index is 0.215. The number of hydrogen-bond acceptors (Lipinski definition) is 4. The molecule has 2 atom stereocenters. The van der Waals surface area contributed by atoms with Crippen LogP contribution in [0.5, 0.6) is 0 Å². The summed E-state index contributed by atoms with van der Waals surface area (Å²) in [7, 11) is 1.85. The van der Waals surface area contributed by atoms with Crippen LogP contribution < -0.4 is 15.5 Å². The fourth-order valence-corrected chi connectivity index (χ4v) is 4.34. The van der Waals surface area contributed by atoms with E-state index in [1.165, 1.54) is 50.3 Å². The molecule has 1 aromatic rings. The number of likely N-dealkylation sites (N-methyl/N-ethyl adjacent to an activating group) is 1. The van der Waals surface area contributed by atoms with E-state index in [1.807, 2.05) is 7.05 Å². The van der Waals surface area contributed by atoms with Gasteiger partial charge in [-0.2, -0.15) is 0 Å². The van der Waals surface area contributed by atoms with E-state index in [9.17, 15) is 0 Å². The van der Waals surface area contributed by atoms with Crippen molar-refractivity contribution >= 4 is 11.6 Å². The molecule has 162 valence electrons. The maximum atomic E-state index is 4.45. The van der Waals surface area contributed by atoms with Gasteiger partial charge in [0.2, 0.25) is 0 Å². The third-order valence-electron chi connectivity index (χ3n) is 6.46. The molecule has 6 nitrogen and oxygen atoms in total. The van der Waals surface area contributed by atoms with Gasteiger partial charge in [0.1, 0.15) is 0 Å². The highest BCUT2D eigenvalue weighted by Crippen LogP contribution is 2.23. The summed E-state index contributed by atoms with van der Waals surface area (Å²) in [5.41, 5.74) is 2.65. The molecule has 0 saturated carbocycles. The standard InChI is InChI=1S/C23H40N6/c1-5-27-13-15-28(16-14-27)19(2)18-25-23(24-4)26-20(3)21-9-8-10-22(17-21)29-11-6-7-12-29/h8-10,17,19-20H,5-7,11-16,18H2,1-4H3,(H2,24,25,26). The molecule has 2 saturated heterocycles. The highest BCUT2D eigenvalue weighted by atomic mass is 15.3. The van der Waals surface area contributed by atoms with E-state index in [-0.39, 0.29) is 6.04 Å². The van der Waals surface area contributed by atoms with Gasteiger partial charge in [-0.05, 0) is 50.9 Å². The number of guanidine groups is 1. The maximum Gasteiger partial charge on any atom is 0.191 e. The van der Waals surface area contributed by atoms with Crippen molar-refractivity contribution in [2.45, 2.75) is 45.7 Å². The van der Waals surface area contributed by atoms with Crippen LogP contribution in [0.4, 0.5) is 5.69 Å². The quantitative estimate of drug-likeness (QED) is 0.544. The number of piperazine rings is 1. The van der Waals surface area contributed by atoms with Gasteiger partial charge in [-0.1, -0.05) is 19.1 Å². The zero-order valence-electron chi connectivity index (χ0n) is 18.8. The summed E-state index contributed by atoms with van der Waals surface area (Å²) in [4.78, 5) is 12.0. The molecule has 0 amide bonds. The molecular formula is C23H40N6. The van der Waals surface area contributed by atoms with Crippen molar-refractivity contribution in [3.8, 4) is 0 Å². The molecule has 2 aliphatic rings. The van der Waals surface area contributed by atoms with Crippen LogP contribution in [0, 0.1) is 0 Å². The van der Waals surface area contributed by atoms with Gasteiger partial charge in [0.25, 0.3) is 0 Å². The molecule has 0 radical (unpaired) electrons. The molecule has 3 rings (SSSR count). The molecule has 0 aromatic heterocycles. The molecule has 2 aliphatic heterocycles. The van der Waals surface area contributed by atoms with Crippen LogP contribution in [-0.4, -0.2) is 81.2 Å². The molecule has 2 N–H and O–H groups in total. The van der Waals surface area contributed by atoms with Crippen molar-refractivity contribution in [3.05, 3.63) is 29.8 Å². The monoisotopic (exact) mass is 400 g/mol. The SMILES string of the molecule is CCN1CCN(C(C)CNC(=NC)NC(C)c2cccc(N3CCCC3)c2)CC1. The number of rotatable bonds is 7. The van der Waals surface area contributed by atoms with Crippen molar-refractivity contribution in [1.29, 1.82) is 0 Å². The summed E-state index contributed by atoms with van der Waals surface area (Å²) < 4.78 is 0. The first kappa shape index (κ1) is 21.9. The van der Waals surface area contributed by atoms with Gasteiger partial charge in [0.05, 0.1) is 6.04 Å². The topological polar surface area (TPSA) is 46.1 Å². The molecule has 6 heteroatoms. The molecule has 0 bridgehead atoms. The Morgan fingerprint density at radius 2 is 1.79 bits per heavy atom. The summed E-state index contributed by atoms with van der Waals surface area (Å²) in [5, 5.41) is 7.10. The Hall–Kier alpha value is -1.79. The van der Waals surface area contributed by atoms with Gasteiger partial charge >= 0.3 is 0 Å². The highest BCUT2D eigenvalue weighted by Gasteiger charge is 2.20. The fourth-order valence-electron chi connectivity index (χ4n) is 4.34. The first-order chi connectivity index (χ1) is 14.1. The molecule has 29 heavy (non-hydrogen) atoms. The Labute approximate surface area is 177 Å². The second-order valence-electron chi connectivity index (χ2n) is 8.43. The predicted octanol–water partition coefficient (Wildman–Crippen LogP) is 2.54. The van der Waals surface area contributed by atoms with Gasteiger partial charge in [-0.3, -0.25) is 9.89 Å². The summed E-state index contributed by atoms with van der Waals surface area (Å²) in [6.07, 6.45) is 2.61. The first-order valence-electron chi connectivity index (χ1n) is 11.4. The van der Waals surface area contributed by atoms with Crippen LogP contribution in [-0.2, 0) is 0 Å². The zero-order chi connectivity index (χ0) is 20.6. The van der Waals surface area contributed by atoms with E-state index in [4.69, 9.17) is 0 Å². The largest absolute Gasteiger partial charge is 0.372 e. The Balaban J connectivity index is 1.49. The lowest BCUT2D eigenvalue weighted by Crippen LogP contribution is -2.53. The predicted molar refractivity (Wildman–Crippen MR) is 124 cm³/mol. The number of anilines is 1. The number of benzene rings is 1. The third kappa shape index (κ3) is 6.09. The van der Waals surface area contributed by atoms with Crippen LogP contribution in [0.1, 0.15) is 45.2 Å². The minimum atomic E-state index is 0.215. The smallest absolute Gasteiger partial charge is 0.191 e. The maximum absolute atomic E-state index is 4.45. The Bertz CT molecular complexity index is 647. The molecule has 1 aromatic carbocycles. The van der Waals surface area contributed by atoms with Gasteiger partial charge in [-0.25, -0.2) is 0 Å². The minimum Gasteiger partial charge on any atom is -0.372 e. The lowest BCUT2D eigenvalue weighted by Gasteiger charge is -2.37. The van der Waals surface area contributed by atoms with Crippen molar-refractivity contribution in [1.82, 2.24) is 20.4 Å². The lowest BCUT2D eigenvalue weighted by atomic mass is 10.1. The molecule has 0 aliphatic carbocycles. The highest BCUT2D eigenvalue weighted by molar-refractivity contribution is 5.80. The summed E-state index contributed by atoms with van der Waals surface area (Å²) in [6.45, 7) is 15.9. The van der Waals surface area contributed by atoms with E-state index in [0.29, 0.717) is 6.04 Å². The molecule has 0 spiro atoms. The van der Waals surface area contributed by atoms with E-state index in [0.717, 1.165) is 32.1 Å². The van der Waals surface area contributed by atoms with Crippen molar-refractivity contribution in [2.75, 3.05) is 64.3 Å². The van der Waals surface area contributed by atoms with Crippen LogP contribution in [0.15, 0.2) is 29.3 Å². The van der Waals surface area contributed by atoms with Crippen molar-refractivity contribution < 1.29 is 0 Å². The molecule has 2 unspecified atom stereocenters. The summed E-state index contributed by atoms with van der Waals surface area (Å²) in [6, 6.07) is 9.66. The second-order valence-corrected chi connectivity index (χ2v) is 8.43. The van der Waals surface area contributed by atoms with Crippen molar-refractivity contribution in [2.24, 2.45) is 4.99 Å². The Kier molecular flexibility index (Phi) is 8.19. The molecule has 2 fully saturated rings. The second kappa shape index (κ2) is 10.8. The summed E-state index contributed by atoms with van der Waals surface area (Å²) in [5.74, 6) is 0.878. The van der Waals surface area contributed by atoms with Crippen LogP contribution >= 0.6 is 0 Å². The molecule has 2 heterocycles. The number of nitrogens with one attached hydrogen (secondary N) is 2. The zero-order valence-corrected chi connectivity index (χ0v) is 18.8. The third-order valence-corrected chi connectivity index (χ3v) is 6.46. The fraction of sp³-hybridized carbons (Fsp3) is 0.696. The van der Waals surface area contributed by atoms with Gasteiger partial charge in [0, 0.05) is 64.6 Å². The van der Waals surface area contributed by atoms with Crippen LogP contribution in [0.2, 0.25) is 0 Å². The van der Waals surface area contributed by atoms with Crippen molar-refractivity contribution in [3.63, 3.8) is 0 Å². The Morgan fingerprint density at radius 1 is 1.07 bits per heavy atom. The van der Waals surface area contributed by atoms with E-state index in [2.05, 4.69) is 75.4 Å². The average Bonchev–Trinajstić information content (AvgIpc) is 3.31. The first-order valence-corrected chi connectivity index (χ1v) is 11.4. The lowest BCUT2D eigenvalue weighted by molar-refractivity contribution is 0.107. The van der Waals surface area contributed by atoms with E-state index >= 15 is 0 Å². The van der Waals surface area contributed by atoms with Gasteiger partial charge in [-0.15, -0.1) is 0 Å². The van der Waals surface area contributed by atoms with E-state index in [1.54, 1.807) is 0 Å².